The summed E-state index contributed by atoms with van der Waals surface area (Å²) in [5.74, 6) is -1.20. The van der Waals surface area contributed by atoms with Crippen LogP contribution in [0.5, 0.6) is 0 Å². The average molecular weight is 297 g/mol. The van der Waals surface area contributed by atoms with Crippen LogP contribution in [0, 0.1) is 13.8 Å². The molecule has 0 radical (unpaired) electrons. The predicted molar refractivity (Wildman–Crippen MR) is 82.1 cm³/mol. The first-order chi connectivity index (χ1) is 9.36. The highest BCUT2D eigenvalue weighted by molar-refractivity contribution is 6.41. The van der Waals surface area contributed by atoms with E-state index in [2.05, 4.69) is 5.32 Å². The number of anilines is 1. The molecule has 0 atom stereocenters. The summed E-state index contributed by atoms with van der Waals surface area (Å²) in [4.78, 5) is 25.3. The molecule has 0 bridgehead atoms. The first-order valence-electron chi connectivity index (χ1n) is 6.70. The Labute approximate surface area is 125 Å². The van der Waals surface area contributed by atoms with Crippen LogP contribution in [-0.2, 0) is 9.59 Å². The minimum Gasteiger partial charge on any atom is -0.338 e. The number of unbranched alkanes of at least 4 members (excludes halogenated alkanes) is 1. The van der Waals surface area contributed by atoms with Gasteiger partial charge in [0.2, 0.25) is 0 Å². The standard InChI is InChI=1S/C15H21ClN2O2/c1-5-6-7-18(4)15(20)14(19)17-13-11(3)8-10(2)9-12(13)16/h8-9H,5-7H2,1-4H3,(H,17,19). The number of hydrogen-bond donors (Lipinski definition) is 1. The second kappa shape index (κ2) is 7.29. The molecule has 1 N–H and O–H groups in total. The van der Waals surface area contributed by atoms with Gasteiger partial charge >= 0.3 is 11.8 Å². The van der Waals surface area contributed by atoms with E-state index >= 15 is 0 Å². The zero-order valence-electron chi connectivity index (χ0n) is 12.4. The molecular weight excluding hydrogens is 276 g/mol. The third-order valence-electron chi connectivity index (χ3n) is 3.06. The van der Waals surface area contributed by atoms with Gasteiger partial charge in [-0.15, -0.1) is 0 Å². The largest absolute Gasteiger partial charge is 0.338 e. The minimum atomic E-state index is -0.655. The topological polar surface area (TPSA) is 49.4 Å². The average Bonchev–Trinajstić information content (AvgIpc) is 2.38. The number of carbonyl (C=O) groups excluding carboxylic acids is 2. The lowest BCUT2D eigenvalue weighted by Crippen LogP contribution is -2.37. The summed E-state index contributed by atoms with van der Waals surface area (Å²) in [5, 5.41) is 3.05. The summed E-state index contributed by atoms with van der Waals surface area (Å²) in [6.45, 7) is 6.38. The van der Waals surface area contributed by atoms with E-state index in [0.717, 1.165) is 24.0 Å². The normalized spacial score (nSPS) is 10.2. The first kappa shape index (κ1) is 16.5. The van der Waals surface area contributed by atoms with Crippen LogP contribution in [0.4, 0.5) is 5.69 Å². The van der Waals surface area contributed by atoms with Gasteiger partial charge in [-0.05, 0) is 37.5 Å². The second-order valence-electron chi connectivity index (χ2n) is 4.97. The van der Waals surface area contributed by atoms with Gasteiger partial charge in [0, 0.05) is 13.6 Å². The number of hydrogen-bond acceptors (Lipinski definition) is 2. The minimum absolute atomic E-state index is 0.444. The fourth-order valence-corrected chi connectivity index (χ4v) is 2.28. The molecule has 0 aromatic heterocycles. The summed E-state index contributed by atoms with van der Waals surface area (Å²) in [6.07, 6.45) is 1.85. The van der Waals surface area contributed by atoms with E-state index in [1.807, 2.05) is 26.8 Å². The molecule has 1 rings (SSSR count). The summed E-state index contributed by atoms with van der Waals surface area (Å²) >= 11 is 6.11. The molecule has 0 heterocycles. The number of likely N-dealkylation sites (N-methyl/N-ethyl adjacent to an activating group) is 1. The molecule has 0 aliphatic rings. The van der Waals surface area contributed by atoms with Crippen molar-refractivity contribution in [1.29, 1.82) is 0 Å². The zero-order valence-corrected chi connectivity index (χ0v) is 13.2. The van der Waals surface area contributed by atoms with Gasteiger partial charge in [0.1, 0.15) is 0 Å². The Morgan fingerprint density at radius 3 is 2.50 bits per heavy atom. The molecule has 2 amide bonds. The van der Waals surface area contributed by atoms with Crippen molar-refractivity contribution in [3.05, 3.63) is 28.3 Å². The molecular formula is C15H21ClN2O2. The van der Waals surface area contributed by atoms with E-state index < -0.39 is 11.8 Å². The van der Waals surface area contributed by atoms with Crippen molar-refractivity contribution in [3.8, 4) is 0 Å². The molecule has 0 unspecified atom stereocenters. The number of halogens is 1. The van der Waals surface area contributed by atoms with Crippen molar-refractivity contribution in [3.63, 3.8) is 0 Å². The smallest absolute Gasteiger partial charge is 0.313 e. The Kier molecular flexibility index (Phi) is 6.02. The Hall–Kier alpha value is -1.55. The monoisotopic (exact) mass is 296 g/mol. The van der Waals surface area contributed by atoms with Gasteiger partial charge in [0.15, 0.2) is 0 Å². The highest BCUT2D eigenvalue weighted by Crippen LogP contribution is 2.27. The molecule has 0 saturated heterocycles. The molecule has 1 aromatic rings. The van der Waals surface area contributed by atoms with E-state index in [0.29, 0.717) is 17.3 Å². The lowest BCUT2D eigenvalue weighted by atomic mass is 10.1. The highest BCUT2D eigenvalue weighted by atomic mass is 35.5. The van der Waals surface area contributed by atoms with Crippen molar-refractivity contribution < 1.29 is 9.59 Å². The lowest BCUT2D eigenvalue weighted by molar-refractivity contribution is -0.142. The Morgan fingerprint density at radius 2 is 1.95 bits per heavy atom. The Bertz CT molecular complexity index is 492. The van der Waals surface area contributed by atoms with Crippen molar-refractivity contribution in [1.82, 2.24) is 4.90 Å². The van der Waals surface area contributed by atoms with Gasteiger partial charge in [0.05, 0.1) is 10.7 Å². The third kappa shape index (κ3) is 4.23. The lowest BCUT2D eigenvalue weighted by Gasteiger charge is -2.17. The summed E-state index contributed by atoms with van der Waals surface area (Å²) in [6, 6.07) is 3.67. The van der Waals surface area contributed by atoms with Gasteiger partial charge < -0.3 is 10.2 Å². The zero-order chi connectivity index (χ0) is 15.3. The van der Waals surface area contributed by atoms with Crippen LogP contribution >= 0.6 is 11.6 Å². The fraction of sp³-hybridized carbons (Fsp3) is 0.467. The molecule has 0 aliphatic heterocycles. The Balaban J connectivity index is 2.78. The van der Waals surface area contributed by atoms with Crippen LogP contribution < -0.4 is 5.32 Å². The summed E-state index contributed by atoms with van der Waals surface area (Å²) < 4.78 is 0. The van der Waals surface area contributed by atoms with E-state index in [1.54, 1.807) is 13.1 Å². The molecule has 0 aliphatic carbocycles. The summed E-state index contributed by atoms with van der Waals surface area (Å²) in [5.41, 5.74) is 2.35. The maximum absolute atomic E-state index is 11.9. The molecule has 1 aromatic carbocycles. The first-order valence-corrected chi connectivity index (χ1v) is 7.07. The number of amides is 2. The number of rotatable bonds is 4. The maximum atomic E-state index is 11.9. The quantitative estimate of drug-likeness (QED) is 0.868. The number of aryl methyl sites for hydroxylation is 2. The van der Waals surface area contributed by atoms with E-state index in [4.69, 9.17) is 11.6 Å². The van der Waals surface area contributed by atoms with E-state index in [1.165, 1.54) is 4.90 Å². The van der Waals surface area contributed by atoms with Crippen LogP contribution in [0.3, 0.4) is 0 Å². The maximum Gasteiger partial charge on any atom is 0.313 e. The fourth-order valence-electron chi connectivity index (χ4n) is 1.91. The van der Waals surface area contributed by atoms with E-state index in [-0.39, 0.29) is 0 Å². The van der Waals surface area contributed by atoms with E-state index in [9.17, 15) is 9.59 Å². The van der Waals surface area contributed by atoms with Gasteiger partial charge in [-0.2, -0.15) is 0 Å². The van der Waals surface area contributed by atoms with Crippen molar-refractivity contribution in [2.75, 3.05) is 18.9 Å². The number of benzene rings is 1. The van der Waals surface area contributed by atoms with Crippen molar-refractivity contribution in [2.45, 2.75) is 33.6 Å². The van der Waals surface area contributed by atoms with Crippen LogP contribution in [0.25, 0.3) is 0 Å². The van der Waals surface area contributed by atoms with Gasteiger partial charge in [-0.1, -0.05) is 31.0 Å². The van der Waals surface area contributed by atoms with Gasteiger partial charge in [-0.3, -0.25) is 9.59 Å². The number of carbonyl (C=O) groups is 2. The van der Waals surface area contributed by atoms with Crippen molar-refractivity contribution >= 4 is 29.1 Å². The molecule has 110 valence electrons. The molecule has 20 heavy (non-hydrogen) atoms. The Morgan fingerprint density at radius 1 is 1.30 bits per heavy atom. The van der Waals surface area contributed by atoms with Gasteiger partial charge in [-0.25, -0.2) is 0 Å². The molecule has 5 heteroatoms. The van der Waals surface area contributed by atoms with Crippen LogP contribution in [-0.4, -0.2) is 30.3 Å². The van der Waals surface area contributed by atoms with Crippen molar-refractivity contribution in [2.24, 2.45) is 0 Å². The second-order valence-corrected chi connectivity index (χ2v) is 5.38. The summed E-state index contributed by atoms with van der Waals surface area (Å²) in [7, 11) is 1.63. The SMILES string of the molecule is CCCCN(C)C(=O)C(=O)Nc1c(C)cc(C)cc1Cl. The van der Waals surface area contributed by atoms with Crippen LogP contribution in [0.1, 0.15) is 30.9 Å². The van der Waals surface area contributed by atoms with Crippen LogP contribution in [0.2, 0.25) is 5.02 Å². The molecule has 0 saturated carbocycles. The molecule has 0 fully saturated rings. The number of nitrogens with zero attached hydrogens (tertiary/aromatic N) is 1. The molecule has 0 spiro atoms. The number of nitrogens with one attached hydrogen (secondary N) is 1. The predicted octanol–water partition coefficient (Wildman–Crippen LogP) is 3.15. The third-order valence-corrected chi connectivity index (χ3v) is 3.36. The molecule has 4 nitrogen and oxygen atoms in total. The van der Waals surface area contributed by atoms with Crippen LogP contribution in [0.15, 0.2) is 12.1 Å². The van der Waals surface area contributed by atoms with Gasteiger partial charge in [0.25, 0.3) is 0 Å². The highest BCUT2D eigenvalue weighted by Gasteiger charge is 2.20.